The minimum Gasteiger partial charge on any atom is -0.323 e. The number of hydrogen-bond donors (Lipinski definition) is 1. The van der Waals surface area contributed by atoms with Gasteiger partial charge in [0.2, 0.25) is 5.95 Å². The number of aryl methyl sites for hydroxylation is 2. The maximum absolute atomic E-state index is 14.0. The average Bonchev–Trinajstić information content (AvgIpc) is 2.84. The Morgan fingerprint density at radius 1 is 1.19 bits per heavy atom. The fourth-order valence-corrected chi connectivity index (χ4v) is 3.09. The highest BCUT2D eigenvalue weighted by Crippen LogP contribution is 2.32. The van der Waals surface area contributed by atoms with Crippen LogP contribution in [-0.4, -0.2) is 9.55 Å². The summed E-state index contributed by atoms with van der Waals surface area (Å²) in [5.41, 5.74) is 2.38. The Morgan fingerprint density at radius 2 is 1.95 bits per heavy atom. The summed E-state index contributed by atoms with van der Waals surface area (Å²) in [6.07, 6.45) is 8.28. The molecule has 0 atom stereocenters. The van der Waals surface area contributed by atoms with E-state index in [4.69, 9.17) is 0 Å². The van der Waals surface area contributed by atoms with Gasteiger partial charge in [0.25, 0.3) is 0 Å². The molecule has 4 heteroatoms. The SMILES string of the molecule is Cc1ccc(Nc2nc(C)cn2C2CCCCC2)c(F)c1. The Balaban J connectivity index is 1.87. The number of nitrogens with one attached hydrogen (secondary N) is 1. The van der Waals surface area contributed by atoms with E-state index in [9.17, 15) is 4.39 Å². The molecule has 21 heavy (non-hydrogen) atoms. The average molecular weight is 287 g/mol. The zero-order valence-corrected chi connectivity index (χ0v) is 12.7. The Morgan fingerprint density at radius 3 is 2.67 bits per heavy atom. The first kappa shape index (κ1) is 14.1. The zero-order chi connectivity index (χ0) is 14.8. The first-order valence-corrected chi connectivity index (χ1v) is 7.72. The lowest BCUT2D eigenvalue weighted by Crippen LogP contribution is -2.14. The largest absolute Gasteiger partial charge is 0.323 e. The summed E-state index contributed by atoms with van der Waals surface area (Å²) in [4.78, 5) is 4.53. The van der Waals surface area contributed by atoms with Crippen LogP contribution in [0.1, 0.15) is 49.4 Å². The molecule has 1 N–H and O–H groups in total. The lowest BCUT2D eigenvalue weighted by Gasteiger charge is -2.24. The van der Waals surface area contributed by atoms with Crippen molar-refractivity contribution in [3.05, 3.63) is 41.5 Å². The van der Waals surface area contributed by atoms with Crippen LogP contribution in [0.25, 0.3) is 0 Å². The quantitative estimate of drug-likeness (QED) is 0.871. The van der Waals surface area contributed by atoms with Crippen LogP contribution >= 0.6 is 0 Å². The first-order chi connectivity index (χ1) is 10.1. The number of anilines is 2. The predicted molar refractivity (Wildman–Crippen MR) is 83.5 cm³/mol. The van der Waals surface area contributed by atoms with E-state index in [1.165, 1.54) is 32.1 Å². The van der Waals surface area contributed by atoms with Crippen molar-refractivity contribution < 1.29 is 4.39 Å². The summed E-state index contributed by atoms with van der Waals surface area (Å²) in [5.74, 6) is 0.521. The molecule has 0 aliphatic heterocycles. The molecule has 1 heterocycles. The summed E-state index contributed by atoms with van der Waals surface area (Å²) < 4.78 is 16.2. The highest BCUT2D eigenvalue weighted by atomic mass is 19.1. The second kappa shape index (κ2) is 5.88. The number of rotatable bonds is 3. The molecule has 112 valence electrons. The van der Waals surface area contributed by atoms with Crippen LogP contribution in [0.5, 0.6) is 0 Å². The molecule has 1 saturated carbocycles. The smallest absolute Gasteiger partial charge is 0.207 e. The van der Waals surface area contributed by atoms with E-state index in [1.807, 2.05) is 19.9 Å². The van der Waals surface area contributed by atoms with E-state index >= 15 is 0 Å². The van der Waals surface area contributed by atoms with Gasteiger partial charge in [0.05, 0.1) is 11.4 Å². The van der Waals surface area contributed by atoms with Crippen LogP contribution in [0.2, 0.25) is 0 Å². The van der Waals surface area contributed by atoms with Crippen LogP contribution < -0.4 is 5.32 Å². The molecule has 1 aliphatic carbocycles. The highest BCUT2D eigenvalue weighted by Gasteiger charge is 2.19. The van der Waals surface area contributed by atoms with E-state index in [0.717, 1.165) is 17.2 Å². The predicted octanol–water partition coefficient (Wildman–Crippen LogP) is 4.89. The number of hydrogen-bond acceptors (Lipinski definition) is 2. The second-order valence-electron chi connectivity index (χ2n) is 6.01. The van der Waals surface area contributed by atoms with Crippen molar-refractivity contribution in [3.8, 4) is 0 Å². The van der Waals surface area contributed by atoms with E-state index in [-0.39, 0.29) is 5.82 Å². The van der Waals surface area contributed by atoms with Crippen molar-refractivity contribution in [2.45, 2.75) is 52.0 Å². The fraction of sp³-hybridized carbons (Fsp3) is 0.471. The lowest BCUT2D eigenvalue weighted by atomic mass is 9.95. The molecule has 0 radical (unpaired) electrons. The Kier molecular flexibility index (Phi) is 3.95. The number of benzene rings is 1. The molecule has 1 fully saturated rings. The third kappa shape index (κ3) is 3.09. The summed E-state index contributed by atoms with van der Waals surface area (Å²) >= 11 is 0. The number of halogens is 1. The van der Waals surface area contributed by atoms with Gasteiger partial charge in [0.1, 0.15) is 5.82 Å². The van der Waals surface area contributed by atoms with Crippen molar-refractivity contribution in [3.63, 3.8) is 0 Å². The van der Waals surface area contributed by atoms with Gasteiger partial charge in [0.15, 0.2) is 0 Å². The normalized spacial score (nSPS) is 16.1. The van der Waals surface area contributed by atoms with Crippen LogP contribution in [0, 0.1) is 19.7 Å². The van der Waals surface area contributed by atoms with Gasteiger partial charge in [-0.3, -0.25) is 0 Å². The van der Waals surface area contributed by atoms with E-state index in [2.05, 4.69) is 21.1 Å². The number of imidazole rings is 1. The third-order valence-corrected chi connectivity index (χ3v) is 4.19. The van der Waals surface area contributed by atoms with Gasteiger partial charge in [-0.05, 0) is 44.4 Å². The molecular formula is C17H22FN3. The fourth-order valence-electron chi connectivity index (χ4n) is 3.09. The van der Waals surface area contributed by atoms with Crippen molar-refractivity contribution in [2.24, 2.45) is 0 Å². The van der Waals surface area contributed by atoms with Gasteiger partial charge in [-0.25, -0.2) is 9.37 Å². The van der Waals surface area contributed by atoms with Crippen LogP contribution in [0.15, 0.2) is 24.4 Å². The summed E-state index contributed by atoms with van der Waals surface area (Å²) in [7, 11) is 0. The van der Waals surface area contributed by atoms with Gasteiger partial charge in [-0.15, -0.1) is 0 Å². The van der Waals surface area contributed by atoms with E-state index in [0.29, 0.717) is 11.7 Å². The molecule has 3 rings (SSSR count). The van der Waals surface area contributed by atoms with Crippen LogP contribution in [-0.2, 0) is 0 Å². The molecule has 1 aromatic heterocycles. The van der Waals surface area contributed by atoms with Crippen LogP contribution in [0.3, 0.4) is 0 Å². The van der Waals surface area contributed by atoms with E-state index < -0.39 is 0 Å². The van der Waals surface area contributed by atoms with Crippen molar-refractivity contribution in [1.82, 2.24) is 9.55 Å². The second-order valence-corrected chi connectivity index (χ2v) is 6.01. The van der Waals surface area contributed by atoms with Gasteiger partial charge < -0.3 is 9.88 Å². The zero-order valence-electron chi connectivity index (χ0n) is 12.7. The molecule has 0 spiro atoms. The van der Waals surface area contributed by atoms with Crippen molar-refractivity contribution in [2.75, 3.05) is 5.32 Å². The molecule has 0 amide bonds. The van der Waals surface area contributed by atoms with Gasteiger partial charge in [-0.2, -0.15) is 0 Å². The summed E-state index contributed by atoms with van der Waals surface area (Å²) in [6.45, 7) is 3.87. The molecule has 3 nitrogen and oxygen atoms in total. The molecule has 0 unspecified atom stereocenters. The minimum atomic E-state index is -0.231. The highest BCUT2D eigenvalue weighted by molar-refractivity contribution is 5.55. The molecule has 1 aromatic carbocycles. The molecular weight excluding hydrogens is 265 g/mol. The first-order valence-electron chi connectivity index (χ1n) is 7.72. The standard InChI is InChI=1S/C17H22FN3/c1-12-8-9-16(15(18)10-12)20-17-19-13(2)11-21(17)14-6-4-3-5-7-14/h8-11,14H,3-7H2,1-2H3,(H,19,20). The molecule has 1 aliphatic rings. The lowest BCUT2D eigenvalue weighted by molar-refractivity contribution is 0.356. The van der Waals surface area contributed by atoms with Gasteiger partial charge >= 0.3 is 0 Å². The summed E-state index contributed by atoms with van der Waals surface area (Å²) in [6, 6.07) is 5.71. The topological polar surface area (TPSA) is 29.9 Å². The number of nitrogens with zero attached hydrogens (tertiary/aromatic N) is 2. The maximum atomic E-state index is 14.0. The minimum absolute atomic E-state index is 0.231. The monoisotopic (exact) mass is 287 g/mol. The van der Waals surface area contributed by atoms with Gasteiger partial charge in [-0.1, -0.05) is 25.3 Å². The Hall–Kier alpha value is -1.84. The van der Waals surface area contributed by atoms with Gasteiger partial charge in [0, 0.05) is 12.2 Å². The maximum Gasteiger partial charge on any atom is 0.207 e. The molecule has 2 aromatic rings. The third-order valence-electron chi connectivity index (χ3n) is 4.19. The number of aromatic nitrogens is 2. The van der Waals surface area contributed by atoms with Crippen molar-refractivity contribution in [1.29, 1.82) is 0 Å². The summed E-state index contributed by atoms with van der Waals surface area (Å²) in [5, 5.41) is 3.16. The Labute approximate surface area is 125 Å². The van der Waals surface area contributed by atoms with Crippen LogP contribution in [0.4, 0.5) is 16.0 Å². The van der Waals surface area contributed by atoms with Crippen molar-refractivity contribution >= 4 is 11.6 Å². The Bertz CT molecular complexity index is 627. The molecule has 0 saturated heterocycles. The molecule has 0 bridgehead atoms. The van der Waals surface area contributed by atoms with E-state index in [1.54, 1.807) is 12.1 Å².